The van der Waals surface area contributed by atoms with E-state index in [1.807, 2.05) is 27.7 Å². The molecule has 0 aliphatic heterocycles. The van der Waals surface area contributed by atoms with Crippen LogP contribution < -0.4 is 11.1 Å². The van der Waals surface area contributed by atoms with E-state index >= 15 is 0 Å². The first-order chi connectivity index (χ1) is 9.42. The molecule has 0 aromatic heterocycles. The lowest BCUT2D eigenvalue weighted by molar-refractivity contribution is -0.131. The van der Waals surface area contributed by atoms with Crippen LogP contribution in [0.15, 0.2) is 0 Å². The highest BCUT2D eigenvalue weighted by Gasteiger charge is 2.14. The van der Waals surface area contributed by atoms with Crippen LogP contribution in [0.1, 0.15) is 53.4 Å². The Labute approximate surface area is 123 Å². The van der Waals surface area contributed by atoms with Crippen molar-refractivity contribution in [1.82, 2.24) is 10.2 Å². The fourth-order valence-corrected chi connectivity index (χ4v) is 2.08. The first-order valence-electron chi connectivity index (χ1n) is 7.73. The molecule has 118 valence electrons. The lowest BCUT2D eigenvalue weighted by Crippen LogP contribution is -2.36. The van der Waals surface area contributed by atoms with Gasteiger partial charge in [0.25, 0.3) is 0 Å². The molecule has 5 heteroatoms. The minimum Gasteiger partial charge on any atom is -0.355 e. The van der Waals surface area contributed by atoms with Crippen molar-refractivity contribution in [3.8, 4) is 0 Å². The minimum absolute atomic E-state index is 0.0164. The highest BCUT2D eigenvalue weighted by molar-refractivity contribution is 5.80. The number of carbonyl (C=O) groups is 2. The van der Waals surface area contributed by atoms with Gasteiger partial charge in [-0.3, -0.25) is 9.59 Å². The number of carbonyl (C=O) groups excluding carboxylic acids is 2. The van der Waals surface area contributed by atoms with Crippen LogP contribution in [0.2, 0.25) is 0 Å². The average Bonchev–Trinajstić information content (AvgIpc) is 2.39. The second-order valence-electron chi connectivity index (χ2n) is 5.42. The molecule has 0 aliphatic rings. The average molecular weight is 285 g/mol. The second-order valence-corrected chi connectivity index (χ2v) is 5.42. The zero-order chi connectivity index (χ0) is 15.5. The molecule has 2 amide bonds. The van der Waals surface area contributed by atoms with Gasteiger partial charge in [0.1, 0.15) is 0 Å². The number of hydrogen-bond acceptors (Lipinski definition) is 3. The zero-order valence-corrected chi connectivity index (χ0v) is 13.4. The van der Waals surface area contributed by atoms with E-state index in [4.69, 9.17) is 5.73 Å². The molecular weight excluding hydrogens is 254 g/mol. The molecule has 0 aromatic carbocycles. The number of nitrogens with one attached hydrogen (secondary N) is 1. The predicted molar refractivity (Wildman–Crippen MR) is 82.2 cm³/mol. The Balaban J connectivity index is 3.84. The summed E-state index contributed by atoms with van der Waals surface area (Å²) in [6.07, 6.45) is 3.13. The molecule has 2 unspecified atom stereocenters. The number of nitrogens with zero attached hydrogens (tertiary/aromatic N) is 1. The van der Waals surface area contributed by atoms with E-state index in [0.717, 1.165) is 32.4 Å². The highest BCUT2D eigenvalue weighted by Crippen LogP contribution is 2.09. The van der Waals surface area contributed by atoms with Crippen molar-refractivity contribution in [3.05, 3.63) is 0 Å². The third-order valence-electron chi connectivity index (χ3n) is 3.50. The van der Waals surface area contributed by atoms with Crippen molar-refractivity contribution in [2.45, 2.75) is 59.4 Å². The van der Waals surface area contributed by atoms with Gasteiger partial charge in [0.2, 0.25) is 11.8 Å². The molecule has 0 bridgehead atoms. The number of amides is 2. The van der Waals surface area contributed by atoms with E-state index in [1.165, 1.54) is 0 Å². The maximum absolute atomic E-state index is 11.8. The van der Waals surface area contributed by atoms with Gasteiger partial charge in [0.05, 0.1) is 0 Å². The molecule has 5 nitrogen and oxygen atoms in total. The van der Waals surface area contributed by atoms with Gasteiger partial charge in [-0.15, -0.1) is 0 Å². The summed E-state index contributed by atoms with van der Waals surface area (Å²) in [7, 11) is 0. The first-order valence-corrected chi connectivity index (χ1v) is 7.73. The van der Waals surface area contributed by atoms with Crippen molar-refractivity contribution in [1.29, 1.82) is 0 Å². The quantitative estimate of drug-likeness (QED) is 0.639. The number of rotatable bonds is 10. The Bertz CT molecular complexity index is 289. The van der Waals surface area contributed by atoms with Crippen LogP contribution in [0, 0.1) is 5.92 Å². The summed E-state index contributed by atoms with van der Waals surface area (Å²) in [6, 6.07) is 0.192. The molecule has 0 spiro atoms. The summed E-state index contributed by atoms with van der Waals surface area (Å²) in [6.45, 7) is 9.67. The summed E-state index contributed by atoms with van der Waals surface area (Å²) in [4.78, 5) is 25.4. The predicted octanol–water partition coefficient (Wildman–Crippen LogP) is 1.51. The summed E-state index contributed by atoms with van der Waals surface area (Å²) < 4.78 is 0. The van der Waals surface area contributed by atoms with Gasteiger partial charge in [0.15, 0.2) is 0 Å². The number of nitrogens with two attached hydrogens (primary N) is 1. The zero-order valence-electron chi connectivity index (χ0n) is 13.4. The smallest absolute Gasteiger partial charge is 0.224 e. The second kappa shape index (κ2) is 10.7. The van der Waals surface area contributed by atoms with Gasteiger partial charge >= 0.3 is 0 Å². The van der Waals surface area contributed by atoms with Crippen LogP contribution >= 0.6 is 0 Å². The standard InChI is InChI=1S/C15H31N3O2/c1-5-18(6-2)14(19)10-11-17-15(20)12(3)8-7-9-13(4)16/h12-13H,5-11,16H2,1-4H3,(H,17,20). The lowest BCUT2D eigenvalue weighted by Gasteiger charge is -2.19. The lowest BCUT2D eigenvalue weighted by atomic mass is 10.0. The molecule has 0 saturated heterocycles. The molecule has 0 rings (SSSR count). The van der Waals surface area contributed by atoms with E-state index < -0.39 is 0 Å². The summed E-state index contributed by atoms with van der Waals surface area (Å²) in [5.74, 6) is 0.110. The van der Waals surface area contributed by atoms with Crippen molar-refractivity contribution >= 4 is 11.8 Å². The topological polar surface area (TPSA) is 75.4 Å². The van der Waals surface area contributed by atoms with Crippen molar-refractivity contribution in [3.63, 3.8) is 0 Å². The molecule has 0 saturated carbocycles. The van der Waals surface area contributed by atoms with Crippen LogP contribution in [0.4, 0.5) is 0 Å². The fourth-order valence-electron chi connectivity index (χ4n) is 2.08. The van der Waals surface area contributed by atoms with Gasteiger partial charge in [-0.05, 0) is 33.6 Å². The van der Waals surface area contributed by atoms with Crippen molar-refractivity contribution < 1.29 is 9.59 Å². The molecule has 2 atom stereocenters. The highest BCUT2D eigenvalue weighted by atomic mass is 16.2. The van der Waals surface area contributed by atoms with Crippen LogP contribution in [-0.2, 0) is 9.59 Å². The van der Waals surface area contributed by atoms with E-state index in [0.29, 0.717) is 13.0 Å². The summed E-state index contributed by atoms with van der Waals surface area (Å²) in [5.41, 5.74) is 5.68. The fraction of sp³-hybridized carbons (Fsp3) is 0.867. The van der Waals surface area contributed by atoms with Crippen LogP contribution in [-0.4, -0.2) is 42.4 Å². The SMILES string of the molecule is CCN(CC)C(=O)CCNC(=O)C(C)CCCC(C)N. The van der Waals surface area contributed by atoms with Gasteiger partial charge in [-0.25, -0.2) is 0 Å². The molecular formula is C15H31N3O2. The summed E-state index contributed by atoms with van der Waals surface area (Å²) in [5, 5.41) is 2.84. The van der Waals surface area contributed by atoms with Crippen molar-refractivity contribution in [2.75, 3.05) is 19.6 Å². The van der Waals surface area contributed by atoms with E-state index in [9.17, 15) is 9.59 Å². The Morgan fingerprint density at radius 3 is 2.25 bits per heavy atom. The first kappa shape index (κ1) is 18.9. The maximum Gasteiger partial charge on any atom is 0.224 e. The van der Waals surface area contributed by atoms with Crippen molar-refractivity contribution in [2.24, 2.45) is 11.7 Å². The molecule has 0 radical (unpaired) electrons. The monoisotopic (exact) mass is 285 g/mol. The molecule has 0 aliphatic carbocycles. The summed E-state index contributed by atoms with van der Waals surface area (Å²) >= 11 is 0. The van der Waals surface area contributed by atoms with Crippen LogP contribution in [0.3, 0.4) is 0 Å². The van der Waals surface area contributed by atoms with E-state index in [-0.39, 0.29) is 23.8 Å². The Morgan fingerprint density at radius 1 is 1.15 bits per heavy atom. The van der Waals surface area contributed by atoms with E-state index in [2.05, 4.69) is 5.32 Å². The normalized spacial score (nSPS) is 13.7. The Morgan fingerprint density at radius 2 is 1.75 bits per heavy atom. The molecule has 3 N–H and O–H groups in total. The van der Waals surface area contributed by atoms with Crippen LogP contribution in [0.5, 0.6) is 0 Å². The van der Waals surface area contributed by atoms with E-state index in [1.54, 1.807) is 4.90 Å². The third-order valence-corrected chi connectivity index (χ3v) is 3.50. The Hall–Kier alpha value is -1.10. The van der Waals surface area contributed by atoms with Gasteiger partial charge < -0.3 is 16.0 Å². The largest absolute Gasteiger partial charge is 0.355 e. The Kier molecular flexibility index (Phi) is 10.1. The maximum atomic E-state index is 11.8. The van der Waals surface area contributed by atoms with Gasteiger partial charge in [0, 0.05) is 38.0 Å². The van der Waals surface area contributed by atoms with Crippen LogP contribution in [0.25, 0.3) is 0 Å². The number of hydrogen-bond donors (Lipinski definition) is 2. The molecule has 0 fully saturated rings. The minimum atomic E-state index is -0.0164. The molecule has 0 aromatic rings. The molecule has 20 heavy (non-hydrogen) atoms. The molecule has 0 heterocycles. The third kappa shape index (κ3) is 8.15. The van der Waals surface area contributed by atoms with Gasteiger partial charge in [-0.1, -0.05) is 13.3 Å². The van der Waals surface area contributed by atoms with Gasteiger partial charge in [-0.2, -0.15) is 0 Å².